The quantitative estimate of drug-likeness (QED) is 0.785. The second-order valence-corrected chi connectivity index (χ2v) is 6.72. The van der Waals surface area contributed by atoms with Crippen LogP contribution >= 0.6 is 11.8 Å². The van der Waals surface area contributed by atoms with Gasteiger partial charge >= 0.3 is 0 Å². The fraction of sp³-hybridized carbons (Fsp3) is 0.353. The van der Waals surface area contributed by atoms with E-state index in [0.717, 1.165) is 17.9 Å². The molecule has 1 aromatic heterocycles. The van der Waals surface area contributed by atoms with Gasteiger partial charge < -0.3 is 4.57 Å². The Morgan fingerprint density at radius 1 is 1.35 bits per heavy atom. The molecule has 1 unspecified atom stereocenters. The molecule has 1 aromatic carbocycles. The molecule has 2 nitrogen and oxygen atoms in total. The van der Waals surface area contributed by atoms with E-state index in [4.69, 9.17) is 0 Å². The fourth-order valence-corrected chi connectivity index (χ4v) is 3.91. The molecule has 0 spiro atoms. The molecule has 1 aliphatic heterocycles. The molecule has 2 heterocycles. The first-order valence-corrected chi connectivity index (χ1v) is 8.05. The molecule has 20 heavy (non-hydrogen) atoms. The largest absolute Gasteiger partial charge is 0.353 e. The summed E-state index contributed by atoms with van der Waals surface area (Å²) in [5, 5.41) is 0. The van der Waals surface area contributed by atoms with Gasteiger partial charge in [0.05, 0.1) is 0 Å². The first-order chi connectivity index (χ1) is 9.65. The number of carbonyl (C=O) groups excluding carboxylic acids is 1. The summed E-state index contributed by atoms with van der Waals surface area (Å²) in [6.45, 7) is 4.85. The molecule has 0 amide bonds. The lowest BCUT2D eigenvalue weighted by atomic mass is 10.0. The summed E-state index contributed by atoms with van der Waals surface area (Å²) >= 11 is 1.93. The van der Waals surface area contributed by atoms with Crippen LogP contribution in [0, 0.1) is 5.92 Å². The third kappa shape index (κ3) is 2.55. The molecule has 0 aliphatic carbocycles. The van der Waals surface area contributed by atoms with Crippen molar-refractivity contribution in [2.45, 2.75) is 31.2 Å². The van der Waals surface area contributed by atoms with E-state index in [9.17, 15) is 4.79 Å². The highest BCUT2D eigenvalue weighted by Gasteiger charge is 2.23. The molecule has 3 heteroatoms. The van der Waals surface area contributed by atoms with Crippen molar-refractivity contribution in [3.8, 4) is 0 Å². The van der Waals surface area contributed by atoms with Crippen molar-refractivity contribution in [3.05, 3.63) is 53.9 Å². The summed E-state index contributed by atoms with van der Waals surface area (Å²) in [6.07, 6.45) is 4.02. The zero-order chi connectivity index (χ0) is 14.1. The number of rotatable bonds is 4. The van der Waals surface area contributed by atoms with E-state index in [1.165, 1.54) is 10.5 Å². The monoisotopic (exact) mass is 285 g/mol. The molecule has 2 aromatic rings. The summed E-state index contributed by atoms with van der Waals surface area (Å²) in [6, 6.07) is 10.6. The van der Waals surface area contributed by atoms with Crippen molar-refractivity contribution in [1.29, 1.82) is 0 Å². The molecule has 1 aliphatic rings. The van der Waals surface area contributed by atoms with Gasteiger partial charge in [0.15, 0.2) is 5.78 Å². The number of thioether (sulfide) groups is 1. The number of aromatic nitrogens is 1. The minimum Gasteiger partial charge on any atom is -0.353 e. The van der Waals surface area contributed by atoms with Gasteiger partial charge in [0, 0.05) is 47.0 Å². The first-order valence-electron chi connectivity index (χ1n) is 7.07. The van der Waals surface area contributed by atoms with Crippen LogP contribution in [0.2, 0.25) is 0 Å². The standard InChI is InChI=1S/C17H19NOS/c1-12(2)17(19)13-7-8-18(9-13)10-14-11-20-16-6-4-3-5-15(14)16/h3-9,12,14H,10-11H2,1-2H3. The fourth-order valence-electron chi connectivity index (χ4n) is 2.67. The third-order valence-corrected chi connectivity index (χ3v) is 5.04. The van der Waals surface area contributed by atoms with Crippen LogP contribution in [-0.2, 0) is 6.54 Å². The highest BCUT2D eigenvalue weighted by molar-refractivity contribution is 7.99. The maximum Gasteiger partial charge on any atom is 0.166 e. The summed E-state index contributed by atoms with van der Waals surface area (Å²) in [5.41, 5.74) is 2.28. The van der Waals surface area contributed by atoms with Crippen molar-refractivity contribution in [1.82, 2.24) is 4.57 Å². The minimum absolute atomic E-state index is 0.0635. The molecule has 3 rings (SSSR count). The van der Waals surface area contributed by atoms with E-state index >= 15 is 0 Å². The molecule has 0 saturated carbocycles. The third-order valence-electron chi connectivity index (χ3n) is 3.79. The Bertz CT molecular complexity index is 629. The maximum atomic E-state index is 12.0. The number of hydrogen-bond acceptors (Lipinski definition) is 2. The van der Waals surface area contributed by atoms with Crippen molar-refractivity contribution in [2.24, 2.45) is 5.92 Å². The molecule has 1 atom stereocenters. The van der Waals surface area contributed by atoms with E-state index in [1.807, 2.05) is 44.1 Å². The molecule has 0 N–H and O–H groups in total. The van der Waals surface area contributed by atoms with Crippen molar-refractivity contribution in [2.75, 3.05) is 5.75 Å². The Morgan fingerprint density at radius 2 is 2.15 bits per heavy atom. The predicted molar refractivity (Wildman–Crippen MR) is 83.5 cm³/mol. The van der Waals surface area contributed by atoms with Crippen LogP contribution < -0.4 is 0 Å². The number of benzene rings is 1. The normalized spacial score (nSPS) is 17.4. The van der Waals surface area contributed by atoms with Gasteiger partial charge in [0.1, 0.15) is 0 Å². The molecule has 104 valence electrons. The van der Waals surface area contributed by atoms with E-state index < -0.39 is 0 Å². The van der Waals surface area contributed by atoms with Crippen LogP contribution in [0.4, 0.5) is 0 Å². The molecule has 0 radical (unpaired) electrons. The minimum atomic E-state index is 0.0635. The van der Waals surface area contributed by atoms with E-state index in [0.29, 0.717) is 5.92 Å². The van der Waals surface area contributed by atoms with Gasteiger partial charge in [-0.25, -0.2) is 0 Å². The number of ketones is 1. The Hall–Kier alpha value is -1.48. The van der Waals surface area contributed by atoms with Crippen LogP contribution in [-0.4, -0.2) is 16.1 Å². The van der Waals surface area contributed by atoms with Gasteiger partial charge in [-0.3, -0.25) is 4.79 Å². The molecule has 0 saturated heterocycles. The van der Waals surface area contributed by atoms with Crippen molar-refractivity contribution < 1.29 is 4.79 Å². The van der Waals surface area contributed by atoms with Gasteiger partial charge in [-0.05, 0) is 17.7 Å². The average Bonchev–Trinajstić information content (AvgIpc) is 3.06. The van der Waals surface area contributed by atoms with Crippen molar-refractivity contribution in [3.63, 3.8) is 0 Å². The van der Waals surface area contributed by atoms with Crippen LogP contribution in [0.15, 0.2) is 47.6 Å². The molecule has 0 fully saturated rings. The molecular formula is C17H19NOS. The van der Waals surface area contributed by atoms with Gasteiger partial charge in [0.25, 0.3) is 0 Å². The van der Waals surface area contributed by atoms with Crippen molar-refractivity contribution >= 4 is 17.5 Å². The van der Waals surface area contributed by atoms with E-state index in [2.05, 4.69) is 28.8 Å². The lowest BCUT2D eigenvalue weighted by Crippen LogP contribution is -2.08. The molecular weight excluding hydrogens is 266 g/mol. The number of hydrogen-bond donors (Lipinski definition) is 0. The number of fused-ring (bicyclic) bond motifs is 1. The van der Waals surface area contributed by atoms with Gasteiger partial charge in [-0.2, -0.15) is 0 Å². The van der Waals surface area contributed by atoms with Gasteiger partial charge in [0.2, 0.25) is 0 Å². The topological polar surface area (TPSA) is 22.0 Å². The zero-order valence-electron chi connectivity index (χ0n) is 11.9. The Balaban J connectivity index is 1.75. The maximum absolute atomic E-state index is 12.0. The van der Waals surface area contributed by atoms with Crippen LogP contribution in [0.5, 0.6) is 0 Å². The lowest BCUT2D eigenvalue weighted by molar-refractivity contribution is 0.0939. The van der Waals surface area contributed by atoms with E-state index in [-0.39, 0.29) is 11.7 Å². The summed E-state index contributed by atoms with van der Waals surface area (Å²) in [7, 11) is 0. The number of carbonyl (C=O) groups is 1. The van der Waals surface area contributed by atoms with Gasteiger partial charge in [-0.15, -0.1) is 11.8 Å². The number of Topliss-reactive ketones (excluding diaryl/α,β-unsaturated/α-hetero) is 1. The highest BCUT2D eigenvalue weighted by atomic mass is 32.2. The lowest BCUT2D eigenvalue weighted by Gasteiger charge is -2.11. The van der Waals surface area contributed by atoms with Crippen LogP contribution in [0.25, 0.3) is 0 Å². The smallest absolute Gasteiger partial charge is 0.166 e. The Morgan fingerprint density at radius 3 is 2.95 bits per heavy atom. The average molecular weight is 285 g/mol. The SMILES string of the molecule is CC(C)C(=O)c1ccn(CC2CSc3ccccc32)c1. The van der Waals surface area contributed by atoms with E-state index in [1.54, 1.807) is 0 Å². The van der Waals surface area contributed by atoms with Crippen LogP contribution in [0.3, 0.4) is 0 Å². The Labute approximate surface area is 124 Å². The van der Waals surface area contributed by atoms with Gasteiger partial charge in [-0.1, -0.05) is 32.0 Å². The van der Waals surface area contributed by atoms with Crippen LogP contribution in [0.1, 0.15) is 35.7 Å². The zero-order valence-corrected chi connectivity index (χ0v) is 12.7. The Kier molecular flexibility index (Phi) is 3.70. The second-order valence-electron chi connectivity index (χ2n) is 5.66. The summed E-state index contributed by atoms with van der Waals surface area (Å²) < 4.78 is 2.16. The summed E-state index contributed by atoms with van der Waals surface area (Å²) in [5.74, 6) is 1.97. The summed E-state index contributed by atoms with van der Waals surface area (Å²) in [4.78, 5) is 13.4. The second kappa shape index (κ2) is 5.49. The molecule has 0 bridgehead atoms. The highest BCUT2D eigenvalue weighted by Crippen LogP contribution is 2.40. The predicted octanol–water partition coefficient (Wildman–Crippen LogP) is 4.22. The first kappa shape index (κ1) is 13.5. The number of nitrogens with zero attached hydrogens (tertiary/aromatic N) is 1.